The van der Waals surface area contributed by atoms with E-state index in [9.17, 15) is 9.18 Å². The van der Waals surface area contributed by atoms with Crippen LogP contribution in [0.5, 0.6) is 0 Å². The second-order valence-corrected chi connectivity index (χ2v) is 7.36. The molecule has 2 heterocycles. The number of esters is 1. The van der Waals surface area contributed by atoms with Gasteiger partial charge in [-0.05, 0) is 42.9 Å². The number of carbonyl (C=O) groups is 1. The molecule has 140 valence electrons. The molecule has 3 aromatic rings. The van der Waals surface area contributed by atoms with Gasteiger partial charge in [0.25, 0.3) is 0 Å². The van der Waals surface area contributed by atoms with E-state index in [4.69, 9.17) is 17.0 Å². The predicted molar refractivity (Wildman–Crippen MR) is 108 cm³/mol. The van der Waals surface area contributed by atoms with E-state index in [-0.39, 0.29) is 5.82 Å². The van der Waals surface area contributed by atoms with E-state index in [2.05, 4.69) is 15.7 Å². The Balaban J connectivity index is 1.63. The first-order valence-corrected chi connectivity index (χ1v) is 9.21. The minimum Gasteiger partial charge on any atom is -0.465 e. The van der Waals surface area contributed by atoms with Crippen LogP contribution in [-0.4, -0.2) is 28.0 Å². The molecule has 6 nitrogen and oxygen atoms in total. The molecule has 0 radical (unpaired) electrons. The monoisotopic (exact) mass is 404 g/mol. The van der Waals surface area contributed by atoms with Gasteiger partial charge in [-0.25, -0.2) is 9.18 Å². The first kappa shape index (κ1) is 19.0. The minimum atomic E-state index is -0.423. The highest BCUT2D eigenvalue weighted by atomic mass is 32.1. The second kappa shape index (κ2) is 8.28. The highest BCUT2D eigenvalue weighted by Crippen LogP contribution is 2.28. The molecule has 0 unspecified atom stereocenters. The average molecular weight is 404 g/mol. The van der Waals surface area contributed by atoms with Crippen molar-refractivity contribution in [2.24, 2.45) is 0 Å². The number of thiophene rings is 1. The maximum atomic E-state index is 13.0. The lowest BCUT2D eigenvalue weighted by molar-refractivity contribution is 0.0602. The second-order valence-electron chi connectivity index (χ2n) is 5.70. The Labute approximate surface area is 165 Å². The molecule has 27 heavy (non-hydrogen) atoms. The maximum Gasteiger partial charge on any atom is 0.340 e. The van der Waals surface area contributed by atoms with Crippen molar-refractivity contribution in [2.75, 3.05) is 17.7 Å². The Morgan fingerprint density at radius 2 is 2.04 bits per heavy atom. The van der Waals surface area contributed by atoms with Gasteiger partial charge < -0.3 is 15.4 Å². The molecule has 2 aromatic heterocycles. The summed E-state index contributed by atoms with van der Waals surface area (Å²) in [7, 11) is 1.34. The van der Waals surface area contributed by atoms with Crippen molar-refractivity contribution >= 4 is 45.5 Å². The number of aryl methyl sites for hydroxylation is 1. The number of hydrogen-bond acceptors (Lipinski definition) is 5. The van der Waals surface area contributed by atoms with Crippen LogP contribution in [0, 0.1) is 12.7 Å². The van der Waals surface area contributed by atoms with Gasteiger partial charge in [0.2, 0.25) is 0 Å². The third-order valence-corrected chi connectivity index (χ3v) is 4.80. The molecule has 0 spiro atoms. The topological polar surface area (TPSA) is 68.2 Å². The third kappa shape index (κ3) is 4.89. The molecule has 0 amide bonds. The number of halogens is 1. The zero-order valence-electron chi connectivity index (χ0n) is 14.7. The van der Waals surface area contributed by atoms with E-state index in [1.54, 1.807) is 35.1 Å². The number of anilines is 2. The summed E-state index contributed by atoms with van der Waals surface area (Å²) in [5, 5.41) is 11.3. The highest BCUT2D eigenvalue weighted by Gasteiger charge is 2.16. The van der Waals surface area contributed by atoms with Gasteiger partial charge in [-0.3, -0.25) is 4.68 Å². The summed E-state index contributed by atoms with van der Waals surface area (Å²) in [5.41, 5.74) is 1.37. The van der Waals surface area contributed by atoms with E-state index in [0.717, 1.165) is 10.4 Å². The summed E-state index contributed by atoms with van der Waals surface area (Å²) >= 11 is 6.71. The summed E-state index contributed by atoms with van der Waals surface area (Å²) in [6, 6.07) is 9.78. The number of rotatable bonds is 5. The SMILES string of the molecule is COC(=O)c1cc(C)sc1NC(=S)Nc1ccn(Cc2ccc(F)cc2)n1. The molecule has 0 saturated heterocycles. The summed E-state index contributed by atoms with van der Waals surface area (Å²) in [4.78, 5) is 12.8. The Kier molecular flexibility index (Phi) is 5.82. The lowest BCUT2D eigenvalue weighted by atomic mass is 10.2. The van der Waals surface area contributed by atoms with E-state index >= 15 is 0 Å². The van der Waals surface area contributed by atoms with Crippen LogP contribution in [0.3, 0.4) is 0 Å². The predicted octanol–water partition coefficient (Wildman–Crippen LogP) is 4.04. The van der Waals surface area contributed by atoms with Crippen molar-refractivity contribution in [2.45, 2.75) is 13.5 Å². The van der Waals surface area contributed by atoms with Crippen LogP contribution >= 0.6 is 23.6 Å². The van der Waals surface area contributed by atoms with Crippen molar-refractivity contribution in [1.29, 1.82) is 0 Å². The molecule has 3 rings (SSSR count). The molecule has 1 aromatic carbocycles. The molecule has 0 aliphatic carbocycles. The molecular weight excluding hydrogens is 387 g/mol. The number of carbonyl (C=O) groups excluding carboxylic acids is 1. The van der Waals surface area contributed by atoms with Gasteiger partial charge >= 0.3 is 5.97 Å². The van der Waals surface area contributed by atoms with Gasteiger partial charge in [0.1, 0.15) is 10.8 Å². The van der Waals surface area contributed by atoms with E-state index in [0.29, 0.717) is 28.0 Å². The van der Waals surface area contributed by atoms with Crippen LogP contribution in [0.4, 0.5) is 15.2 Å². The van der Waals surface area contributed by atoms with Crippen molar-refractivity contribution in [1.82, 2.24) is 9.78 Å². The van der Waals surface area contributed by atoms with Crippen LogP contribution in [0.15, 0.2) is 42.6 Å². The Bertz CT molecular complexity index is 966. The maximum absolute atomic E-state index is 13.0. The zero-order valence-corrected chi connectivity index (χ0v) is 16.3. The quantitative estimate of drug-likeness (QED) is 0.494. The fourth-order valence-electron chi connectivity index (χ4n) is 2.41. The zero-order chi connectivity index (χ0) is 19.4. The summed E-state index contributed by atoms with van der Waals surface area (Å²) in [5.74, 6) is -0.135. The molecule has 0 bridgehead atoms. The van der Waals surface area contributed by atoms with Gasteiger partial charge in [0.05, 0.1) is 19.2 Å². The molecule has 9 heteroatoms. The number of nitrogens with zero attached hydrogens (tertiary/aromatic N) is 2. The van der Waals surface area contributed by atoms with Crippen molar-refractivity contribution < 1.29 is 13.9 Å². The highest BCUT2D eigenvalue weighted by molar-refractivity contribution is 7.80. The molecule has 0 saturated carbocycles. The van der Waals surface area contributed by atoms with Crippen LogP contribution in [-0.2, 0) is 11.3 Å². The van der Waals surface area contributed by atoms with Crippen LogP contribution in [0.1, 0.15) is 20.8 Å². The Morgan fingerprint density at radius 3 is 2.74 bits per heavy atom. The van der Waals surface area contributed by atoms with E-state index < -0.39 is 5.97 Å². The van der Waals surface area contributed by atoms with Crippen molar-refractivity contribution in [3.8, 4) is 0 Å². The molecule has 0 fully saturated rings. The van der Waals surface area contributed by atoms with Gasteiger partial charge in [0.15, 0.2) is 10.9 Å². The Hall–Kier alpha value is -2.78. The summed E-state index contributed by atoms with van der Waals surface area (Å²) in [6.45, 7) is 2.41. The van der Waals surface area contributed by atoms with E-state index in [1.807, 2.05) is 6.92 Å². The number of nitrogens with one attached hydrogen (secondary N) is 2. The number of hydrogen-bond donors (Lipinski definition) is 2. The molecule has 0 aliphatic heterocycles. The number of methoxy groups -OCH3 is 1. The third-order valence-electron chi connectivity index (χ3n) is 3.63. The fourth-order valence-corrected chi connectivity index (χ4v) is 3.59. The number of aromatic nitrogens is 2. The van der Waals surface area contributed by atoms with Gasteiger partial charge in [-0.15, -0.1) is 11.3 Å². The normalized spacial score (nSPS) is 10.5. The standard InChI is InChI=1S/C18H17FN4O2S2/c1-11-9-14(17(24)25-2)16(27-11)21-18(26)20-15-7-8-23(22-15)10-12-3-5-13(19)6-4-12/h3-9H,10H2,1-2H3,(H2,20,21,22,26). The number of benzene rings is 1. The van der Waals surface area contributed by atoms with Gasteiger partial charge in [0, 0.05) is 17.1 Å². The van der Waals surface area contributed by atoms with Crippen molar-refractivity contribution in [3.05, 3.63) is 64.4 Å². The van der Waals surface area contributed by atoms with Gasteiger partial charge in [-0.2, -0.15) is 5.10 Å². The largest absolute Gasteiger partial charge is 0.465 e. The van der Waals surface area contributed by atoms with E-state index in [1.165, 1.54) is 30.6 Å². The average Bonchev–Trinajstić information content (AvgIpc) is 3.22. The van der Waals surface area contributed by atoms with Crippen LogP contribution in [0.2, 0.25) is 0 Å². The smallest absolute Gasteiger partial charge is 0.340 e. The number of ether oxygens (including phenoxy) is 1. The Morgan fingerprint density at radius 1 is 1.30 bits per heavy atom. The lowest BCUT2D eigenvalue weighted by Crippen LogP contribution is -2.20. The number of thiocarbonyl (C=S) groups is 1. The minimum absolute atomic E-state index is 0.270. The molecule has 0 atom stereocenters. The first-order valence-electron chi connectivity index (χ1n) is 7.99. The molecular formula is C18H17FN4O2S2. The molecule has 2 N–H and O–H groups in total. The first-order chi connectivity index (χ1) is 12.9. The fraction of sp³-hybridized carbons (Fsp3) is 0.167. The lowest BCUT2D eigenvalue weighted by Gasteiger charge is -2.08. The summed E-state index contributed by atoms with van der Waals surface area (Å²) < 4.78 is 19.5. The van der Waals surface area contributed by atoms with Gasteiger partial charge in [-0.1, -0.05) is 12.1 Å². The van der Waals surface area contributed by atoms with Crippen LogP contribution in [0.25, 0.3) is 0 Å². The summed E-state index contributed by atoms with van der Waals surface area (Å²) in [6.07, 6.45) is 1.80. The van der Waals surface area contributed by atoms with Crippen molar-refractivity contribution in [3.63, 3.8) is 0 Å². The molecule has 0 aliphatic rings. The van der Waals surface area contributed by atoms with Crippen LogP contribution < -0.4 is 10.6 Å².